The fourth-order valence-corrected chi connectivity index (χ4v) is 6.75. The third-order valence-electron chi connectivity index (χ3n) is 7.78. The van der Waals surface area contributed by atoms with Crippen LogP contribution in [-0.4, -0.2) is 72.6 Å². The number of hydrogen-bond acceptors (Lipinski definition) is 9. The van der Waals surface area contributed by atoms with Gasteiger partial charge in [-0.1, -0.05) is 0 Å². The number of hydrogen-bond donors (Lipinski definition) is 0. The van der Waals surface area contributed by atoms with Crippen molar-refractivity contribution < 1.29 is 28.2 Å². The first-order valence-electron chi connectivity index (χ1n) is 14.6. The quantitative estimate of drug-likeness (QED) is 0.168. The van der Waals surface area contributed by atoms with Crippen molar-refractivity contribution in [1.29, 1.82) is 0 Å². The summed E-state index contributed by atoms with van der Waals surface area (Å²) in [7, 11) is 3.08. The number of rotatable bonds is 12. The molecule has 2 aromatic heterocycles. The van der Waals surface area contributed by atoms with Crippen LogP contribution < -0.4 is 16.0 Å². The van der Waals surface area contributed by atoms with Gasteiger partial charge >= 0.3 is 11.7 Å². The van der Waals surface area contributed by atoms with E-state index in [1.165, 1.54) is 29.9 Å². The maximum absolute atomic E-state index is 14.5. The Hall–Kier alpha value is -3.84. The van der Waals surface area contributed by atoms with Crippen molar-refractivity contribution in [3.05, 3.63) is 60.9 Å². The lowest BCUT2D eigenvalue weighted by atomic mass is 10.0. The number of aromatic nitrogens is 2. The lowest BCUT2D eigenvalue weighted by molar-refractivity contribution is -0.138. The van der Waals surface area contributed by atoms with Gasteiger partial charge in [-0.25, -0.2) is 18.5 Å². The van der Waals surface area contributed by atoms with Gasteiger partial charge in [0.2, 0.25) is 5.91 Å². The average Bonchev–Trinajstić information content (AvgIpc) is 3.64. The molecule has 0 radical (unpaired) electrons. The molecule has 238 valence electrons. The van der Waals surface area contributed by atoms with Gasteiger partial charge in [-0.15, -0.1) is 11.3 Å². The highest BCUT2D eigenvalue weighted by molar-refractivity contribution is 7.20. The molecule has 0 saturated carbocycles. The molecule has 1 aromatic carbocycles. The molecule has 0 bridgehead atoms. The first kappa shape index (κ1) is 33.1. The number of esters is 1. The van der Waals surface area contributed by atoms with Crippen molar-refractivity contribution in [1.82, 2.24) is 14.0 Å². The molecule has 1 amide bonds. The summed E-state index contributed by atoms with van der Waals surface area (Å²) in [6, 6.07) is 4.01. The first-order chi connectivity index (χ1) is 21.0. The highest BCUT2D eigenvalue weighted by Gasteiger charge is 2.39. The van der Waals surface area contributed by atoms with E-state index in [9.17, 15) is 23.6 Å². The smallest absolute Gasteiger partial charge is 0.348 e. The highest BCUT2D eigenvalue weighted by atomic mass is 32.1. The zero-order chi connectivity index (χ0) is 32.2. The Morgan fingerprint density at radius 1 is 1.20 bits per heavy atom. The van der Waals surface area contributed by atoms with Crippen LogP contribution in [0.3, 0.4) is 0 Å². The zero-order valence-corrected chi connectivity index (χ0v) is 26.8. The monoisotopic (exact) mass is 630 g/mol. The average molecular weight is 631 g/mol. The summed E-state index contributed by atoms with van der Waals surface area (Å²) in [5, 5.41) is 0.128. The molecule has 0 aliphatic carbocycles. The lowest BCUT2D eigenvalue weighted by Gasteiger charge is -2.31. The molecule has 1 fully saturated rings. The van der Waals surface area contributed by atoms with Crippen LogP contribution in [0.25, 0.3) is 10.2 Å². The van der Waals surface area contributed by atoms with E-state index in [0.717, 1.165) is 28.7 Å². The first-order valence-corrected chi connectivity index (χ1v) is 15.4. The predicted molar refractivity (Wildman–Crippen MR) is 167 cm³/mol. The van der Waals surface area contributed by atoms with E-state index in [2.05, 4.69) is 4.99 Å². The third-order valence-corrected chi connectivity index (χ3v) is 9.08. The minimum atomic E-state index is -1.54. The number of carbonyl (C=O) groups excluding carboxylic acids is 2. The second kappa shape index (κ2) is 13.9. The van der Waals surface area contributed by atoms with Crippen molar-refractivity contribution in [2.45, 2.75) is 65.1 Å². The Labute approximate surface area is 258 Å². The summed E-state index contributed by atoms with van der Waals surface area (Å²) in [6.45, 7) is 7.61. The van der Waals surface area contributed by atoms with Gasteiger partial charge in [-0.3, -0.25) is 14.2 Å². The Kier molecular flexibility index (Phi) is 10.4. The second-order valence-electron chi connectivity index (χ2n) is 11.0. The van der Waals surface area contributed by atoms with Crippen LogP contribution in [0.5, 0.6) is 5.75 Å². The molecule has 11 nitrogen and oxygen atoms in total. The summed E-state index contributed by atoms with van der Waals surface area (Å²) in [6.07, 6.45) is 2.89. The summed E-state index contributed by atoms with van der Waals surface area (Å²) in [5.41, 5.74) is -2.28. The molecule has 0 unspecified atom stereocenters. The number of aliphatic imine (C=N–C) groups is 1. The molecular formula is C31H39FN4O7S. The van der Waals surface area contributed by atoms with Crippen LogP contribution in [0, 0.1) is 12.7 Å². The number of thiophene rings is 1. The number of amides is 1. The minimum Gasteiger partial charge on any atom is -0.496 e. The van der Waals surface area contributed by atoms with Gasteiger partial charge in [0.1, 0.15) is 32.9 Å². The molecule has 0 spiro atoms. The Balaban J connectivity index is 1.99. The maximum atomic E-state index is 14.5. The fourth-order valence-electron chi connectivity index (χ4n) is 5.55. The van der Waals surface area contributed by atoms with E-state index in [4.69, 9.17) is 14.2 Å². The molecule has 44 heavy (non-hydrogen) atoms. The summed E-state index contributed by atoms with van der Waals surface area (Å²) in [4.78, 5) is 61.2. The maximum Gasteiger partial charge on any atom is 0.348 e. The largest absolute Gasteiger partial charge is 0.496 e. The van der Waals surface area contributed by atoms with Gasteiger partial charge in [0.05, 0.1) is 32.3 Å². The number of carbonyl (C=O) groups is 2. The highest BCUT2D eigenvalue weighted by Crippen LogP contribution is 2.34. The lowest BCUT2D eigenvalue weighted by Crippen LogP contribution is -2.56. The zero-order valence-electron chi connectivity index (χ0n) is 26.0. The van der Waals surface area contributed by atoms with Gasteiger partial charge in [0.25, 0.3) is 5.56 Å². The Bertz CT molecular complexity index is 1680. The summed E-state index contributed by atoms with van der Waals surface area (Å²) >= 11 is 0.960. The standard InChI is InChI=1S/C31H39FN4O7S/c1-7-42-28(38)25-19(2)24-26(37)36(31(3,4)29(39)34-14-8-9-15-34)30(40)35(27(24)44-25)18-23(43-16-10-13-33-5)21-17-20(32)11-12-22(21)41-6/h11-13,17,23H,7-10,14-16,18H2,1-6H3/t23-/m0/s1. The molecule has 0 N–H and O–H groups in total. The number of benzene rings is 1. The molecule has 13 heteroatoms. The van der Waals surface area contributed by atoms with E-state index in [1.807, 2.05) is 0 Å². The van der Waals surface area contributed by atoms with E-state index in [1.54, 1.807) is 45.9 Å². The van der Waals surface area contributed by atoms with Gasteiger partial charge in [0, 0.05) is 38.3 Å². The van der Waals surface area contributed by atoms with E-state index in [-0.39, 0.29) is 40.8 Å². The normalized spacial score (nSPS) is 14.5. The number of methoxy groups -OCH3 is 1. The minimum absolute atomic E-state index is 0.122. The van der Waals surface area contributed by atoms with E-state index in [0.29, 0.717) is 36.4 Å². The van der Waals surface area contributed by atoms with Gasteiger partial charge in [-0.05, 0) is 64.3 Å². The summed E-state index contributed by atoms with van der Waals surface area (Å²) in [5.74, 6) is -1.16. The van der Waals surface area contributed by atoms with Crippen molar-refractivity contribution in [3.8, 4) is 5.75 Å². The van der Waals surface area contributed by atoms with Crippen molar-refractivity contribution in [3.63, 3.8) is 0 Å². The topological polar surface area (TPSA) is 121 Å². The van der Waals surface area contributed by atoms with E-state index < -0.39 is 34.7 Å². The number of fused-ring (bicyclic) bond motifs is 1. The molecule has 1 aliphatic heterocycles. The SMILES string of the molecule is CCOC(=O)c1sc2c(c1C)c(=O)n(C(C)(C)C(=O)N1CCCC1)c(=O)n2C[C@H](OCCC=NC)c1cc(F)ccc1OC. The van der Waals surface area contributed by atoms with Crippen LogP contribution in [0.4, 0.5) is 4.39 Å². The van der Waals surface area contributed by atoms with Crippen molar-refractivity contribution in [2.24, 2.45) is 4.99 Å². The van der Waals surface area contributed by atoms with Crippen LogP contribution in [-0.2, 0) is 26.4 Å². The predicted octanol–water partition coefficient (Wildman–Crippen LogP) is 4.06. The summed E-state index contributed by atoms with van der Waals surface area (Å²) < 4.78 is 33.8. The van der Waals surface area contributed by atoms with Crippen LogP contribution in [0.2, 0.25) is 0 Å². The van der Waals surface area contributed by atoms with Gasteiger partial charge < -0.3 is 24.1 Å². The van der Waals surface area contributed by atoms with Crippen LogP contribution in [0.1, 0.15) is 66.9 Å². The number of likely N-dealkylation sites (tertiary alicyclic amines) is 1. The third kappa shape index (κ3) is 6.34. The van der Waals surface area contributed by atoms with Crippen molar-refractivity contribution in [2.75, 3.05) is 40.5 Å². The van der Waals surface area contributed by atoms with Gasteiger partial charge in [-0.2, -0.15) is 0 Å². The van der Waals surface area contributed by atoms with Gasteiger partial charge in [0.15, 0.2) is 0 Å². The number of halogens is 1. The number of aryl methyl sites for hydroxylation is 1. The molecular weight excluding hydrogens is 591 g/mol. The number of ether oxygens (including phenoxy) is 3. The Morgan fingerprint density at radius 3 is 2.55 bits per heavy atom. The van der Waals surface area contributed by atoms with Crippen molar-refractivity contribution >= 4 is 39.6 Å². The van der Waals surface area contributed by atoms with Crippen LogP contribution >= 0.6 is 11.3 Å². The molecule has 3 aromatic rings. The molecule has 1 saturated heterocycles. The second-order valence-corrected chi connectivity index (χ2v) is 12.0. The molecule has 4 rings (SSSR count). The number of nitrogens with zero attached hydrogens (tertiary/aromatic N) is 4. The van der Waals surface area contributed by atoms with E-state index >= 15 is 0 Å². The fraction of sp³-hybridized carbons (Fsp3) is 0.516. The molecule has 3 heterocycles. The molecule has 1 atom stereocenters. The Morgan fingerprint density at radius 2 is 1.91 bits per heavy atom. The molecule has 1 aliphatic rings. The van der Waals surface area contributed by atoms with Crippen LogP contribution in [0.15, 0.2) is 32.8 Å².